The quantitative estimate of drug-likeness (QED) is 0.398. The summed E-state index contributed by atoms with van der Waals surface area (Å²) in [6.45, 7) is 2.18. The summed E-state index contributed by atoms with van der Waals surface area (Å²) in [5.74, 6) is 1.74. The number of aryl methyl sites for hydroxylation is 1. The van der Waals surface area contributed by atoms with Crippen molar-refractivity contribution in [2.75, 3.05) is 7.11 Å². The van der Waals surface area contributed by atoms with Crippen molar-refractivity contribution in [3.8, 4) is 5.75 Å². The summed E-state index contributed by atoms with van der Waals surface area (Å²) in [5.41, 5.74) is 5.63. The zero-order valence-electron chi connectivity index (χ0n) is 15.9. The fraction of sp³-hybridized carbons (Fsp3) is 0.120. The van der Waals surface area contributed by atoms with E-state index in [-0.39, 0.29) is 5.92 Å². The summed E-state index contributed by atoms with van der Waals surface area (Å²) in [6.07, 6.45) is 0. The number of methoxy groups -OCH3 is 1. The molecule has 0 radical (unpaired) electrons. The van der Waals surface area contributed by atoms with E-state index in [1.807, 2.05) is 24.3 Å². The summed E-state index contributed by atoms with van der Waals surface area (Å²) in [6, 6.07) is 27.0. The van der Waals surface area contributed by atoms with Crippen LogP contribution in [0.5, 0.6) is 5.75 Å². The summed E-state index contributed by atoms with van der Waals surface area (Å²) in [4.78, 5) is 3.64. The second kappa shape index (κ2) is 6.61. The van der Waals surface area contributed by atoms with Gasteiger partial charge in [0.1, 0.15) is 17.1 Å². The van der Waals surface area contributed by atoms with Crippen LogP contribution in [0.2, 0.25) is 0 Å². The topological polar surface area (TPSA) is 38.2 Å². The Hall–Kier alpha value is -3.46. The van der Waals surface area contributed by atoms with Crippen LogP contribution in [-0.4, -0.2) is 12.1 Å². The van der Waals surface area contributed by atoms with Crippen molar-refractivity contribution in [1.29, 1.82) is 0 Å². The Morgan fingerprint density at radius 3 is 2.46 bits per heavy atom. The molecule has 2 aromatic heterocycles. The Morgan fingerprint density at radius 2 is 1.68 bits per heavy atom. The van der Waals surface area contributed by atoms with Gasteiger partial charge in [-0.3, -0.25) is 0 Å². The van der Waals surface area contributed by atoms with E-state index in [4.69, 9.17) is 9.15 Å². The predicted molar refractivity (Wildman–Crippen MR) is 113 cm³/mol. The van der Waals surface area contributed by atoms with E-state index in [9.17, 15) is 0 Å². The molecule has 1 atom stereocenters. The van der Waals surface area contributed by atoms with E-state index >= 15 is 0 Å². The Labute approximate surface area is 163 Å². The molecule has 5 aromatic rings. The molecule has 0 bridgehead atoms. The van der Waals surface area contributed by atoms with Crippen molar-refractivity contribution in [3.05, 3.63) is 101 Å². The van der Waals surface area contributed by atoms with E-state index in [2.05, 4.69) is 66.5 Å². The van der Waals surface area contributed by atoms with Crippen molar-refractivity contribution in [3.63, 3.8) is 0 Å². The summed E-state index contributed by atoms with van der Waals surface area (Å²) < 4.78 is 11.7. The zero-order valence-corrected chi connectivity index (χ0v) is 15.9. The maximum absolute atomic E-state index is 6.31. The van der Waals surface area contributed by atoms with Gasteiger partial charge in [0.25, 0.3) is 0 Å². The van der Waals surface area contributed by atoms with Crippen molar-refractivity contribution in [2.45, 2.75) is 12.8 Å². The Balaban J connectivity index is 1.74. The minimum atomic E-state index is -0.00741. The Kier molecular flexibility index (Phi) is 3.94. The molecule has 0 spiro atoms. The third-order valence-corrected chi connectivity index (χ3v) is 5.45. The molecule has 3 nitrogen and oxygen atoms in total. The largest absolute Gasteiger partial charge is 0.497 e. The number of furan rings is 1. The maximum atomic E-state index is 6.31. The van der Waals surface area contributed by atoms with Gasteiger partial charge < -0.3 is 14.1 Å². The number of nitrogens with one attached hydrogen (secondary N) is 1. The van der Waals surface area contributed by atoms with E-state index in [0.29, 0.717) is 0 Å². The Bertz CT molecular complexity index is 1260. The van der Waals surface area contributed by atoms with Crippen LogP contribution >= 0.6 is 0 Å². The first kappa shape index (κ1) is 16.7. The summed E-state index contributed by atoms with van der Waals surface area (Å²) >= 11 is 0. The number of hydrogen-bond donors (Lipinski definition) is 1. The molecule has 0 saturated carbocycles. The molecule has 0 aliphatic carbocycles. The number of H-pyrrole nitrogens is 1. The Morgan fingerprint density at radius 1 is 0.893 bits per heavy atom. The third-order valence-electron chi connectivity index (χ3n) is 5.45. The number of aromatic amines is 1. The van der Waals surface area contributed by atoms with Gasteiger partial charge in [0.05, 0.1) is 13.0 Å². The molecule has 0 saturated heterocycles. The number of ether oxygens (including phenoxy) is 1. The molecular weight excluding hydrogens is 346 g/mol. The molecule has 0 fully saturated rings. The smallest absolute Gasteiger partial charge is 0.134 e. The normalized spacial score (nSPS) is 12.5. The maximum Gasteiger partial charge on any atom is 0.134 e. The van der Waals surface area contributed by atoms with Crippen molar-refractivity contribution >= 4 is 21.9 Å². The van der Waals surface area contributed by atoms with Crippen molar-refractivity contribution in [1.82, 2.24) is 4.98 Å². The molecular formula is C25H21NO2. The second-order valence-corrected chi connectivity index (χ2v) is 7.11. The van der Waals surface area contributed by atoms with Crippen LogP contribution in [0.4, 0.5) is 0 Å². The van der Waals surface area contributed by atoms with E-state index in [1.54, 1.807) is 7.11 Å². The van der Waals surface area contributed by atoms with Gasteiger partial charge in [-0.15, -0.1) is 0 Å². The first-order valence-corrected chi connectivity index (χ1v) is 9.44. The first-order chi connectivity index (χ1) is 13.7. The van der Waals surface area contributed by atoms with Crippen LogP contribution in [0.3, 0.4) is 0 Å². The lowest BCUT2D eigenvalue weighted by Crippen LogP contribution is -2.04. The van der Waals surface area contributed by atoms with Crippen LogP contribution in [0, 0.1) is 6.92 Å². The van der Waals surface area contributed by atoms with E-state index in [0.717, 1.165) is 28.0 Å². The molecule has 3 aromatic carbocycles. The minimum absolute atomic E-state index is 0.00741. The van der Waals surface area contributed by atoms with Crippen LogP contribution < -0.4 is 4.74 Å². The summed E-state index contributed by atoms with van der Waals surface area (Å²) in [5, 5.41) is 2.29. The monoisotopic (exact) mass is 367 g/mol. The lowest BCUT2D eigenvalue weighted by Gasteiger charge is -2.15. The molecule has 0 aliphatic rings. The van der Waals surface area contributed by atoms with E-state index < -0.39 is 0 Å². The van der Waals surface area contributed by atoms with Gasteiger partial charge in [-0.2, -0.15) is 0 Å². The second-order valence-electron chi connectivity index (χ2n) is 7.11. The average molecular weight is 367 g/mol. The SMILES string of the molecule is COc1ccc2oc(C(c3ccccc3)c3[nH]c4ccccc4c3C)cc2c1. The lowest BCUT2D eigenvalue weighted by atomic mass is 9.91. The number of para-hydroxylation sites is 1. The van der Waals surface area contributed by atoms with Gasteiger partial charge in [0.15, 0.2) is 0 Å². The molecule has 1 N–H and O–H groups in total. The molecule has 0 aliphatic heterocycles. The van der Waals surface area contributed by atoms with Gasteiger partial charge >= 0.3 is 0 Å². The highest BCUT2D eigenvalue weighted by atomic mass is 16.5. The molecule has 138 valence electrons. The third kappa shape index (κ3) is 2.67. The molecule has 0 amide bonds. The van der Waals surface area contributed by atoms with Crippen molar-refractivity contribution in [2.24, 2.45) is 0 Å². The standard InChI is InChI=1S/C25H21NO2/c1-16-20-10-6-7-11-21(20)26-25(16)24(17-8-4-3-5-9-17)23-15-18-14-19(27-2)12-13-22(18)28-23/h3-15,24,26H,1-2H3. The highest BCUT2D eigenvalue weighted by molar-refractivity contribution is 5.85. The van der Waals surface area contributed by atoms with Crippen LogP contribution in [0.15, 0.2) is 83.3 Å². The van der Waals surface area contributed by atoms with Gasteiger partial charge in [0.2, 0.25) is 0 Å². The van der Waals surface area contributed by atoms with E-state index in [1.165, 1.54) is 22.2 Å². The number of benzene rings is 3. The number of rotatable bonds is 4. The average Bonchev–Trinajstić information content (AvgIpc) is 3.30. The molecule has 1 unspecified atom stereocenters. The van der Waals surface area contributed by atoms with Crippen LogP contribution in [0.1, 0.15) is 28.5 Å². The van der Waals surface area contributed by atoms with Gasteiger partial charge in [-0.1, -0.05) is 48.5 Å². The minimum Gasteiger partial charge on any atom is -0.497 e. The van der Waals surface area contributed by atoms with Crippen LogP contribution in [0.25, 0.3) is 21.9 Å². The number of fused-ring (bicyclic) bond motifs is 2. The first-order valence-electron chi connectivity index (χ1n) is 9.44. The highest BCUT2D eigenvalue weighted by Crippen LogP contribution is 2.38. The zero-order chi connectivity index (χ0) is 19.1. The highest BCUT2D eigenvalue weighted by Gasteiger charge is 2.25. The predicted octanol–water partition coefficient (Wildman–Crippen LogP) is 6.41. The molecule has 2 heterocycles. The summed E-state index contributed by atoms with van der Waals surface area (Å²) in [7, 11) is 1.68. The lowest BCUT2D eigenvalue weighted by molar-refractivity contribution is 0.415. The molecule has 3 heteroatoms. The fourth-order valence-corrected chi connectivity index (χ4v) is 4.02. The fourth-order valence-electron chi connectivity index (χ4n) is 4.02. The van der Waals surface area contributed by atoms with Crippen molar-refractivity contribution < 1.29 is 9.15 Å². The number of hydrogen-bond acceptors (Lipinski definition) is 2. The molecule has 28 heavy (non-hydrogen) atoms. The van der Waals surface area contributed by atoms with Crippen LogP contribution in [-0.2, 0) is 0 Å². The number of aromatic nitrogens is 1. The van der Waals surface area contributed by atoms with Gasteiger partial charge in [-0.25, -0.2) is 0 Å². The van der Waals surface area contributed by atoms with Gasteiger partial charge in [0, 0.05) is 22.0 Å². The molecule has 5 rings (SSSR count). The van der Waals surface area contributed by atoms with Gasteiger partial charge in [-0.05, 0) is 48.4 Å².